The topological polar surface area (TPSA) is 155 Å². The van der Waals surface area contributed by atoms with Gasteiger partial charge in [-0.25, -0.2) is 14.8 Å². The first-order valence-electron chi connectivity index (χ1n) is 7.25. The van der Waals surface area contributed by atoms with E-state index in [1.165, 1.54) is 17.1 Å². The zero-order valence-electron chi connectivity index (χ0n) is 12.3. The maximum absolute atomic E-state index is 11.1. The molecular formula is C13H15N5O6. The number of aliphatic hydroxyl groups excluding tert-OH is 3. The van der Waals surface area contributed by atoms with Gasteiger partial charge in [-0.05, 0) is 0 Å². The summed E-state index contributed by atoms with van der Waals surface area (Å²) in [6.45, 7) is -0.158. The van der Waals surface area contributed by atoms with Gasteiger partial charge in [0.05, 0.1) is 19.6 Å². The Labute approximate surface area is 134 Å². The zero-order chi connectivity index (χ0) is 17.0. The lowest BCUT2D eigenvalue weighted by Gasteiger charge is -2.22. The van der Waals surface area contributed by atoms with Crippen LogP contribution in [0, 0.1) is 0 Å². The van der Waals surface area contributed by atoms with Crippen LogP contribution >= 0.6 is 0 Å². The van der Waals surface area contributed by atoms with E-state index in [0.717, 1.165) is 0 Å². The molecule has 0 saturated carbocycles. The molecule has 0 spiro atoms. The lowest BCUT2D eigenvalue weighted by molar-refractivity contribution is -0.0519. The van der Waals surface area contributed by atoms with Crippen LogP contribution in [0.5, 0.6) is 0 Å². The maximum Gasteiger partial charge on any atom is 0.356 e. The van der Waals surface area contributed by atoms with Crippen LogP contribution in [0.1, 0.15) is 16.7 Å². The van der Waals surface area contributed by atoms with Crippen LogP contribution < -0.4 is 5.32 Å². The molecule has 0 bridgehead atoms. The lowest BCUT2D eigenvalue weighted by Crippen LogP contribution is -2.33. The number of hydrogen-bond donors (Lipinski definition) is 5. The van der Waals surface area contributed by atoms with Gasteiger partial charge < -0.3 is 35.0 Å². The van der Waals surface area contributed by atoms with E-state index in [-0.39, 0.29) is 12.4 Å². The highest BCUT2D eigenvalue weighted by Crippen LogP contribution is 2.37. The van der Waals surface area contributed by atoms with E-state index < -0.39 is 37.1 Å². The van der Waals surface area contributed by atoms with Gasteiger partial charge in [0.25, 0.3) is 0 Å². The van der Waals surface area contributed by atoms with Crippen molar-refractivity contribution >= 4 is 11.8 Å². The summed E-state index contributed by atoms with van der Waals surface area (Å²) in [5.41, 5.74) is 0.314. The number of imidazole rings is 2. The summed E-state index contributed by atoms with van der Waals surface area (Å²) in [4.78, 5) is 19.3. The second kappa shape index (κ2) is 5.27. The summed E-state index contributed by atoms with van der Waals surface area (Å²) in [7, 11) is 0. The largest absolute Gasteiger partial charge is 0.476 e. The number of nitrogens with zero attached hydrogens (tertiary/aromatic N) is 4. The van der Waals surface area contributed by atoms with Crippen molar-refractivity contribution in [3.63, 3.8) is 0 Å². The van der Waals surface area contributed by atoms with Gasteiger partial charge in [0, 0.05) is 6.20 Å². The minimum atomic E-state index is -1.24. The van der Waals surface area contributed by atoms with Crippen LogP contribution in [-0.2, 0) is 11.4 Å². The third-order valence-corrected chi connectivity index (χ3v) is 4.21. The van der Waals surface area contributed by atoms with Gasteiger partial charge in [0.1, 0.15) is 29.8 Å². The first kappa shape index (κ1) is 15.1. The number of aliphatic hydroxyl groups is 3. The number of aromatic nitrogens is 4. The molecule has 4 heterocycles. The Balaban J connectivity index is 1.72. The molecule has 1 fully saturated rings. The van der Waals surface area contributed by atoms with Crippen LogP contribution in [-0.4, -0.2) is 70.4 Å². The number of rotatable bonds is 3. The fourth-order valence-corrected chi connectivity index (χ4v) is 2.99. The summed E-state index contributed by atoms with van der Waals surface area (Å²) in [5, 5.41) is 41.3. The van der Waals surface area contributed by atoms with Gasteiger partial charge in [-0.3, -0.25) is 4.57 Å². The highest BCUT2D eigenvalue weighted by Gasteiger charge is 2.44. The van der Waals surface area contributed by atoms with E-state index in [9.17, 15) is 20.1 Å². The van der Waals surface area contributed by atoms with E-state index in [1.807, 2.05) is 0 Å². The summed E-state index contributed by atoms with van der Waals surface area (Å²) >= 11 is 0. The molecule has 2 aliphatic rings. The Kier molecular flexibility index (Phi) is 3.31. The molecule has 11 heteroatoms. The second-order valence-electron chi connectivity index (χ2n) is 5.64. The average Bonchev–Trinajstić information content (AvgIpc) is 3.23. The Morgan fingerprint density at radius 1 is 1.42 bits per heavy atom. The fourth-order valence-electron chi connectivity index (χ4n) is 2.99. The van der Waals surface area contributed by atoms with E-state index in [0.29, 0.717) is 17.3 Å². The van der Waals surface area contributed by atoms with Gasteiger partial charge in [0.2, 0.25) is 0 Å². The number of carboxylic acid groups (broad SMARTS) is 1. The Morgan fingerprint density at radius 2 is 2.21 bits per heavy atom. The molecule has 4 rings (SSSR count). The van der Waals surface area contributed by atoms with Crippen molar-refractivity contribution in [1.82, 2.24) is 19.1 Å². The van der Waals surface area contributed by atoms with Crippen LogP contribution in [0.4, 0.5) is 5.82 Å². The number of ether oxygens (including phenoxy) is 1. The molecule has 0 radical (unpaired) electrons. The normalized spacial score (nSPS) is 28.3. The maximum atomic E-state index is 11.1. The second-order valence-corrected chi connectivity index (χ2v) is 5.64. The van der Waals surface area contributed by atoms with Crippen molar-refractivity contribution in [3.8, 4) is 11.5 Å². The zero-order valence-corrected chi connectivity index (χ0v) is 12.3. The van der Waals surface area contributed by atoms with Crippen LogP contribution in [0.2, 0.25) is 0 Å². The van der Waals surface area contributed by atoms with Crippen LogP contribution in [0.3, 0.4) is 0 Å². The molecule has 0 aromatic carbocycles. The van der Waals surface area contributed by atoms with E-state index in [2.05, 4.69) is 15.3 Å². The molecule has 128 valence electrons. The molecule has 0 amide bonds. The van der Waals surface area contributed by atoms with E-state index in [1.54, 1.807) is 4.57 Å². The van der Waals surface area contributed by atoms with Crippen molar-refractivity contribution in [3.05, 3.63) is 18.2 Å². The molecule has 5 N–H and O–H groups in total. The first-order chi connectivity index (χ1) is 11.5. The van der Waals surface area contributed by atoms with Crippen molar-refractivity contribution in [1.29, 1.82) is 0 Å². The van der Waals surface area contributed by atoms with E-state index in [4.69, 9.17) is 9.84 Å². The molecule has 0 aliphatic carbocycles. The number of hydrogen-bond acceptors (Lipinski definition) is 8. The Hall–Kier alpha value is -2.47. The van der Waals surface area contributed by atoms with Crippen LogP contribution in [0.15, 0.2) is 12.5 Å². The predicted octanol–water partition coefficient (Wildman–Crippen LogP) is -1.56. The highest BCUT2D eigenvalue weighted by molar-refractivity contribution is 5.86. The molecule has 24 heavy (non-hydrogen) atoms. The molecular weight excluding hydrogens is 322 g/mol. The number of carbonyl (C=O) groups is 1. The highest BCUT2D eigenvalue weighted by atomic mass is 16.6. The van der Waals surface area contributed by atoms with Gasteiger partial charge in [-0.2, -0.15) is 0 Å². The average molecular weight is 337 g/mol. The van der Waals surface area contributed by atoms with Crippen molar-refractivity contribution in [2.75, 3.05) is 11.9 Å². The lowest BCUT2D eigenvalue weighted by atomic mass is 10.1. The number of carboxylic acids is 1. The molecule has 4 atom stereocenters. The standard InChI is InChI=1S/C13H15N5O6/c19-2-6-8(20)9(21)12(24-6)18-4-14-7-10(18)15-3-17-1-5(13(22)23)16-11(7)17/h1,4,6,8-9,12,15,19-21H,2-3H2,(H,22,23)/t6-,8-,9-,12-/m1/s1. The van der Waals surface area contributed by atoms with Crippen molar-refractivity contribution in [2.24, 2.45) is 0 Å². The van der Waals surface area contributed by atoms with Gasteiger partial charge in [-0.15, -0.1) is 0 Å². The number of nitrogens with one attached hydrogen (secondary N) is 1. The summed E-state index contributed by atoms with van der Waals surface area (Å²) < 4.78 is 8.60. The third-order valence-electron chi connectivity index (χ3n) is 4.21. The summed E-state index contributed by atoms with van der Waals surface area (Å²) in [6, 6.07) is 0. The summed E-state index contributed by atoms with van der Waals surface area (Å²) in [5.74, 6) is -0.270. The Bertz CT molecular complexity index is 801. The SMILES string of the molecule is O=C(O)c1cn2c(n1)-c1ncn([C@@H]3O[C@H](CO)[C@@H](O)[C@H]3O)c1NC2. The van der Waals surface area contributed by atoms with Crippen molar-refractivity contribution < 1.29 is 30.0 Å². The smallest absolute Gasteiger partial charge is 0.356 e. The quantitative estimate of drug-likeness (QED) is 0.447. The Morgan fingerprint density at radius 3 is 2.88 bits per heavy atom. The molecule has 11 nitrogen and oxygen atoms in total. The summed E-state index contributed by atoms with van der Waals surface area (Å²) in [6.07, 6.45) is -1.48. The molecule has 0 unspecified atom stereocenters. The first-order valence-corrected chi connectivity index (χ1v) is 7.25. The number of aromatic carboxylic acids is 1. The van der Waals surface area contributed by atoms with Gasteiger partial charge >= 0.3 is 5.97 Å². The number of anilines is 1. The fraction of sp³-hybridized carbons (Fsp3) is 0.462. The van der Waals surface area contributed by atoms with Gasteiger partial charge in [0.15, 0.2) is 17.7 Å². The molecule has 2 aromatic rings. The third kappa shape index (κ3) is 2.03. The predicted molar refractivity (Wildman–Crippen MR) is 77.0 cm³/mol. The minimum Gasteiger partial charge on any atom is -0.476 e. The van der Waals surface area contributed by atoms with E-state index >= 15 is 0 Å². The molecule has 2 aromatic heterocycles. The monoisotopic (exact) mass is 337 g/mol. The minimum absolute atomic E-state index is 0.0953. The number of fused-ring (bicyclic) bond motifs is 3. The van der Waals surface area contributed by atoms with Gasteiger partial charge in [-0.1, -0.05) is 0 Å². The van der Waals surface area contributed by atoms with Crippen molar-refractivity contribution in [2.45, 2.75) is 31.2 Å². The molecule has 1 saturated heterocycles. The molecule has 2 aliphatic heterocycles. The van der Waals surface area contributed by atoms with Crippen LogP contribution in [0.25, 0.3) is 11.5 Å².